The van der Waals surface area contributed by atoms with Crippen molar-refractivity contribution in [2.75, 3.05) is 5.32 Å². The maximum Gasteiger partial charge on any atom is 0.131 e. The van der Waals surface area contributed by atoms with Crippen LogP contribution in [-0.4, -0.2) is 9.97 Å². The molecule has 3 aromatic rings. The first kappa shape index (κ1) is 13.3. The van der Waals surface area contributed by atoms with Crippen molar-refractivity contribution in [1.82, 2.24) is 9.97 Å². The van der Waals surface area contributed by atoms with Gasteiger partial charge in [0.05, 0.1) is 5.52 Å². The summed E-state index contributed by atoms with van der Waals surface area (Å²) in [6, 6.07) is 11.8. The van der Waals surface area contributed by atoms with Crippen LogP contribution in [0.1, 0.15) is 5.56 Å². The van der Waals surface area contributed by atoms with E-state index in [2.05, 4.69) is 43.3 Å². The first-order valence-corrected chi connectivity index (χ1v) is 7.29. The Bertz CT molecular complexity index is 761. The largest absolute Gasteiger partial charge is 0.381 e. The van der Waals surface area contributed by atoms with Gasteiger partial charge in [-0.1, -0.05) is 39.7 Å². The average molecular weight is 349 g/mol. The van der Waals surface area contributed by atoms with Gasteiger partial charge in [0.2, 0.25) is 0 Å². The highest BCUT2D eigenvalue weighted by molar-refractivity contribution is 9.10. The van der Waals surface area contributed by atoms with E-state index in [1.54, 1.807) is 12.3 Å². The number of anilines is 1. The van der Waals surface area contributed by atoms with Gasteiger partial charge in [0.1, 0.15) is 5.15 Å². The molecule has 0 radical (unpaired) electrons. The van der Waals surface area contributed by atoms with Crippen molar-refractivity contribution < 1.29 is 0 Å². The lowest BCUT2D eigenvalue weighted by atomic mass is 10.1. The van der Waals surface area contributed by atoms with Crippen molar-refractivity contribution in [2.24, 2.45) is 0 Å². The highest BCUT2D eigenvalue weighted by Gasteiger charge is 2.05. The summed E-state index contributed by atoms with van der Waals surface area (Å²) in [7, 11) is 0. The van der Waals surface area contributed by atoms with Gasteiger partial charge in [0, 0.05) is 34.5 Å². The first-order valence-electron chi connectivity index (χ1n) is 6.11. The number of aromatic nitrogens is 2. The van der Waals surface area contributed by atoms with Crippen LogP contribution >= 0.6 is 27.5 Å². The van der Waals surface area contributed by atoms with E-state index in [1.807, 2.05) is 24.4 Å². The van der Waals surface area contributed by atoms with Crippen molar-refractivity contribution in [1.29, 1.82) is 0 Å². The zero-order valence-electron chi connectivity index (χ0n) is 10.5. The van der Waals surface area contributed by atoms with Gasteiger partial charge < -0.3 is 5.32 Å². The summed E-state index contributed by atoms with van der Waals surface area (Å²) >= 11 is 9.42. The maximum atomic E-state index is 5.87. The summed E-state index contributed by atoms with van der Waals surface area (Å²) in [5.74, 6) is 0. The third kappa shape index (κ3) is 2.76. The Balaban J connectivity index is 1.90. The van der Waals surface area contributed by atoms with E-state index in [1.165, 1.54) is 0 Å². The summed E-state index contributed by atoms with van der Waals surface area (Å²) in [5, 5.41) is 4.92. The summed E-state index contributed by atoms with van der Waals surface area (Å²) in [6.07, 6.45) is 3.49. The molecule has 0 saturated heterocycles. The van der Waals surface area contributed by atoms with Crippen LogP contribution in [0.15, 0.2) is 53.3 Å². The molecule has 100 valence electrons. The molecule has 3 rings (SSSR count). The molecule has 20 heavy (non-hydrogen) atoms. The van der Waals surface area contributed by atoms with E-state index in [0.717, 1.165) is 26.6 Å². The molecule has 2 aromatic heterocycles. The zero-order valence-corrected chi connectivity index (χ0v) is 12.8. The van der Waals surface area contributed by atoms with E-state index in [4.69, 9.17) is 11.6 Å². The van der Waals surface area contributed by atoms with Crippen molar-refractivity contribution in [3.05, 3.63) is 64.0 Å². The minimum Gasteiger partial charge on any atom is -0.381 e. The van der Waals surface area contributed by atoms with Crippen LogP contribution in [0.3, 0.4) is 0 Å². The Labute approximate surface area is 130 Å². The predicted octanol–water partition coefficient (Wildman–Crippen LogP) is 4.66. The lowest BCUT2D eigenvalue weighted by Crippen LogP contribution is -2.01. The summed E-state index contributed by atoms with van der Waals surface area (Å²) in [5.41, 5.74) is 3.07. The lowest BCUT2D eigenvalue weighted by molar-refractivity contribution is 1.14. The van der Waals surface area contributed by atoms with E-state index in [9.17, 15) is 0 Å². The number of hydrogen-bond donors (Lipinski definition) is 1. The van der Waals surface area contributed by atoms with Crippen molar-refractivity contribution in [3.63, 3.8) is 0 Å². The molecule has 0 aliphatic heterocycles. The Morgan fingerprint density at radius 2 is 2.00 bits per heavy atom. The smallest absolute Gasteiger partial charge is 0.131 e. The second-order valence-corrected chi connectivity index (χ2v) is 5.57. The highest BCUT2D eigenvalue weighted by Crippen LogP contribution is 2.25. The predicted molar refractivity (Wildman–Crippen MR) is 86.0 cm³/mol. The quantitative estimate of drug-likeness (QED) is 0.700. The maximum absolute atomic E-state index is 5.87. The molecule has 5 heteroatoms. The minimum absolute atomic E-state index is 0.480. The van der Waals surface area contributed by atoms with Gasteiger partial charge in [-0.15, -0.1) is 0 Å². The number of rotatable bonds is 3. The Hall–Kier alpha value is -1.65. The normalized spacial score (nSPS) is 10.7. The molecule has 0 atom stereocenters. The molecular formula is C15H11BrClN3. The Kier molecular flexibility index (Phi) is 3.85. The second-order valence-electron chi connectivity index (χ2n) is 4.33. The fraction of sp³-hybridized carbons (Fsp3) is 0.0667. The van der Waals surface area contributed by atoms with Crippen LogP contribution in [0.2, 0.25) is 5.15 Å². The van der Waals surface area contributed by atoms with Gasteiger partial charge in [-0.2, -0.15) is 0 Å². The number of hydrogen-bond acceptors (Lipinski definition) is 3. The van der Waals surface area contributed by atoms with E-state index < -0.39 is 0 Å². The molecular weight excluding hydrogens is 338 g/mol. The average Bonchev–Trinajstić information content (AvgIpc) is 2.47. The third-order valence-corrected chi connectivity index (χ3v) is 3.91. The molecule has 0 bridgehead atoms. The molecule has 0 saturated carbocycles. The van der Waals surface area contributed by atoms with Gasteiger partial charge in [-0.05, 0) is 29.8 Å². The molecule has 2 heterocycles. The van der Waals surface area contributed by atoms with Crippen LogP contribution in [0.5, 0.6) is 0 Å². The van der Waals surface area contributed by atoms with Crippen LogP contribution in [-0.2, 0) is 6.54 Å². The van der Waals surface area contributed by atoms with Crippen molar-refractivity contribution in [2.45, 2.75) is 6.54 Å². The van der Waals surface area contributed by atoms with Crippen molar-refractivity contribution in [3.8, 4) is 0 Å². The standard InChI is InChI=1S/C15H11BrClN3/c16-13-4-3-10(15-12(13)2-1-6-19-15)9-20-11-5-7-18-14(17)8-11/h1-8H,9H2,(H,18,20). The summed E-state index contributed by atoms with van der Waals surface area (Å²) in [6.45, 7) is 0.682. The van der Waals surface area contributed by atoms with Crippen LogP contribution in [0.4, 0.5) is 5.69 Å². The van der Waals surface area contributed by atoms with Crippen LogP contribution < -0.4 is 5.32 Å². The summed E-state index contributed by atoms with van der Waals surface area (Å²) < 4.78 is 1.05. The molecule has 0 amide bonds. The first-order chi connectivity index (χ1) is 9.74. The Morgan fingerprint density at radius 3 is 2.85 bits per heavy atom. The minimum atomic E-state index is 0.480. The molecule has 0 fully saturated rings. The zero-order chi connectivity index (χ0) is 13.9. The number of halogens is 2. The van der Waals surface area contributed by atoms with E-state index >= 15 is 0 Å². The summed E-state index contributed by atoms with van der Waals surface area (Å²) in [4.78, 5) is 8.43. The SMILES string of the molecule is Clc1cc(NCc2ccc(Br)c3cccnc23)ccn1. The van der Waals surface area contributed by atoms with E-state index in [-0.39, 0.29) is 0 Å². The topological polar surface area (TPSA) is 37.8 Å². The number of fused-ring (bicyclic) bond motifs is 1. The number of pyridine rings is 2. The van der Waals surface area contributed by atoms with Crippen molar-refractivity contribution >= 4 is 44.1 Å². The fourth-order valence-electron chi connectivity index (χ4n) is 2.05. The fourth-order valence-corrected chi connectivity index (χ4v) is 2.67. The monoisotopic (exact) mass is 347 g/mol. The third-order valence-electron chi connectivity index (χ3n) is 3.01. The van der Waals surface area contributed by atoms with Gasteiger partial charge >= 0.3 is 0 Å². The van der Waals surface area contributed by atoms with Gasteiger partial charge in [0.15, 0.2) is 0 Å². The van der Waals surface area contributed by atoms with E-state index in [0.29, 0.717) is 11.7 Å². The number of nitrogens with zero attached hydrogens (tertiary/aromatic N) is 2. The molecule has 1 aromatic carbocycles. The molecule has 0 spiro atoms. The molecule has 0 aliphatic rings. The molecule has 0 unspecified atom stereocenters. The molecule has 3 nitrogen and oxygen atoms in total. The number of benzene rings is 1. The van der Waals surface area contributed by atoms with Crippen LogP contribution in [0.25, 0.3) is 10.9 Å². The molecule has 1 N–H and O–H groups in total. The van der Waals surface area contributed by atoms with Gasteiger partial charge in [-0.25, -0.2) is 4.98 Å². The van der Waals surface area contributed by atoms with Gasteiger partial charge in [0.25, 0.3) is 0 Å². The number of nitrogens with one attached hydrogen (secondary N) is 1. The van der Waals surface area contributed by atoms with Gasteiger partial charge in [-0.3, -0.25) is 4.98 Å². The Morgan fingerprint density at radius 1 is 1.10 bits per heavy atom. The second kappa shape index (κ2) is 5.77. The molecule has 0 aliphatic carbocycles. The van der Waals surface area contributed by atoms with Crippen LogP contribution in [0, 0.1) is 0 Å². The lowest BCUT2D eigenvalue weighted by Gasteiger charge is -2.09. The highest BCUT2D eigenvalue weighted by atomic mass is 79.9.